The molecule has 7 nitrogen and oxygen atoms in total. The highest BCUT2D eigenvalue weighted by Crippen LogP contribution is 2.22. The fourth-order valence-corrected chi connectivity index (χ4v) is 4.82. The van der Waals surface area contributed by atoms with Gasteiger partial charge in [-0.1, -0.05) is 0 Å². The van der Waals surface area contributed by atoms with E-state index in [2.05, 4.69) is 20.3 Å². The van der Waals surface area contributed by atoms with E-state index in [-0.39, 0.29) is 17.7 Å². The second kappa shape index (κ2) is 8.95. The number of likely N-dealkylation sites (tertiary alicyclic amines) is 1. The van der Waals surface area contributed by atoms with E-state index in [0.29, 0.717) is 25.1 Å². The molecular formula is C22H27N5O2S. The second-order valence-electron chi connectivity index (χ2n) is 7.98. The van der Waals surface area contributed by atoms with Crippen LogP contribution in [-0.4, -0.2) is 51.3 Å². The Labute approximate surface area is 179 Å². The number of nitrogens with zero attached hydrogens (tertiary/aromatic N) is 3. The number of aromatic amines is 1. The number of hydrogen-bond donors (Lipinski definition) is 2. The van der Waals surface area contributed by atoms with Crippen LogP contribution in [0.25, 0.3) is 11.0 Å². The van der Waals surface area contributed by atoms with Gasteiger partial charge in [0.05, 0.1) is 16.0 Å². The zero-order chi connectivity index (χ0) is 21.1. The Morgan fingerprint density at radius 2 is 2.20 bits per heavy atom. The van der Waals surface area contributed by atoms with Crippen LogP contribution in [-0.2, 0) is 11.2 Å². The number of carbonyl (C=O) groups excluding carboxylic acids is 2. The number of fused-ring (bicyclic) bond motifs is 1. The zero-order valence-electron chi connectivity index (χ0n) is 17.4. The summed E-state index contributed by atoms with van der Waals surface area (Å²) in [6.45, 7) is 5.90. The number of thiazole rings is 1. The van der Waals surface area contributed by atoms with Crippen LogP contribution < -0.4 is 5.32 Å². The fraction of sp³-hybridized carbons (Fsp3) is 0.455. The number of carbonyl (C=O) groups is 2. The largest absolute Gasteiger partial charge is 0.356 e. The minimum Gasteiger partial charge on any atom is -0.356 e. The number of aromatic nitrogens is 3. The van der Waals surface area contributed by atoms with E-state index in [1.807, 2.05) is 43.1 Å². The summed E-state index contributed by atoms with van der Waals surface area (Å²) in [5.41, 5.74) is 2.40. The molecule has 2 amide bonds. The van der Waals surface area contributed by atoms with Gasteiger partial charge < -0.3 is 15.2 Å². The van der Waals surface area contributed by atoms with Gasteiger partial charge in [0.1, 0.15) is 5.82 Å². The number of rotatable bonds is 6. The Kier molecular flexibility index (Phi) is 6.13. The van der Waals surface area contributed by atoms with Crippen molar-refractivity contribution in [1.29, 1.82) is 0 Å². The molecule has 3 heterocycles. The maximum Gasteiger partial charge on any atom is 0.253 e. The lowest BCUT2D eigenvalue weighted by Gasteiger charge is -2.32. The molecule has 1 saturated heterocycles. The van der Waals surface area contributed by atoms with Crippen LogP contribution in [0.1, 0.15) is 45.3 Å². The standard InChI is InChI=1S/C22H27N5O2S/c1-14-12-24-21(30-14)7-8-23-20(28)10-16-4-3-9-27(13-16)22(29)17-5-6-18-19(11-17)26-15(2)25-18/h5-6,11-12,16H,3-4,7-10,13H2,1-2H3,(H,23,28)(H,25,26)/t16-/m0/s1. The molecule has 30 heavy (non-hydrogen) atoms. The molecule has 1 aromatic carbocycles. The van der Waals surface area contributed by atoms with Crippen molar-refractivity contribution in [3.05, 3.63) is 45.7 Å². The predicted octanol–water partition coefficient (Wildman–Crippen LogP) is 3.24. The van der Waals surface area contributed by atoms with Gasteiger partial charge in [-0.2, -0.15) is 0 Å². The van der Waals surface area contributed by atoms with Crippen molar-refractivity contribution < 1.29 is 9.59 Å². The molecule has 1 aliphatic heterocycles. The van der Waals surface area contributed by atoms with Crippen molar-refractivity contribution in [2.24, 2.45) is 5.92 Å². The van der Waals surface area contributed by atoms with Crippen LogP contribution in [0.3, 0.4) is 0 Å². The number of aryl methyl sites for hydroxylation is 2. The predicted molar refractivity (Wildman–Crippen MR) is 118 cm³/mol. The van der Waals surface area contributed by atoms with Crippen molar-refractivity contribution in [2.45, 2.75) is 39.5 Å². The summed E-state index contributed by atoms with van der Waals surface area (Å²) >= 11 is 1.67. The molecule has 158 valence electrons. The van der Waals surface area contributed by atoms with E-state index in [1.54, 1.807) is 11.3 Å². The first kappa shape index (κ1) is 20.5. The summed E-state index contributed by atoms with van der Waals surface area (Å²) in [5.74, 6) is 1.11. The highest BCUT2D eigenvalue weighted by Gasteiger charge is 2.26. The van der Waals surface area contributed by atoms with Gasteiger partial charge in [-0.25, -0.2) is 9.97 Å². The Hall–Kier alpha value is -2.74. The van der Waals surface area contributed by atoms with Crippen LogP contribution in [0.4, 0.5) is 0 Å². The van der Waals surface area contributed by atoms with Gasteiger partial charge in [-0.3, -0.25) is 9.59 Å². The first-order chi connectivity index (χ1) is 14.5. The van der Waals surface area contributed by atoms with Gasteiger partial charge in [-0.15, -0.1) is 11.3 Å². The lowest BCUT2D eigenvalue weighted by molar-refractivity contribution is -0.122. The summed E-state index contributed by atoms with van der Waals surface area (Å²) in [4.78, 5) is 40.3. The molecule has 0 aliphatic carbocycles. The Balaban J connectivity index is 1.29. The fourth-order valence-electron chi connectivity index (χ4n) is 4.03. The molecule has 0 radical (unpaired) electrons. The highest BCUT2D eigenvalue weighted by atomic mass is 32.1. The van der Waals surface area contributed by atoms with Crippen LogP contribution in [0, 0.1) is 19.8 Å². The Morgan fingerprint density at radius 3 is 3.00 bits per heavy atom. The van der Waals surface area contributed by atoms with Crippen molar-refractivity contribution in [3.8, 4) is 0 Å². The maximum atomic E-state index is 13.0. The number of benzene rings is 1. The zero-order valence-corrected chi connectivity index (χ0v) is 18.2. The van der Waals surface area contributed by atoms with E-state index in [4.69, 9.17) is 0 Å². The second-order valence-corrected chi connectivity index (χ2v) is 9.30. The molecule has 3 aromatic rings. The number of imidazole rings is 1. The van der Waals surface area contributed by atoms with E-state index in [0.717, 1.165) is 47.7 Å². The third-order valence-electron chi connectivity index (χ3n) is 5.46. The van der Waals surface area contributed by atoms with Gasteiger partial charge in [-0.05, 0) is 50.8 Å². The first-order valence-corrected chi connectivity index (χ1v) is 11.2. The van der Waals surface area contributed by atoms with E-state index in [9.17, 15) is 9.59 Å². The van der Waals surface area contributed by atoms with Crippen molar-refractivity contribution in [1.82, 2.24) is 25.2 Å². The third-order valence-corrected chi connectivity index (χ3v) is 6.43. The van der Waals surface area contributed by atoms with Gasteiger partial charge in [0.25, 0.3) is 5.91 Å². The van der Waals surface area contributed by atoms with Gasteiger partial charge >= 0.3 is 0 Å². The molecule has 0 spiro atoms. The number of H-pyrrole nitrogens is 1. The minimum absolute atomic E-state index is 0.0217. The monoisotopic (exact) mass is 425 g/mol. The molecule has 2 N–H and O–H groups in total. The Bertz CT molecular complexity index is 1060. The summed E-state index contributed by atoms with van der Waals surface area (Å²) in [6.07, 6.45) is 4.98. The topological polar surface area (TPSA) is 91.0 Å². The molecular weight excluding hydrogens is 398 g/mol. The number of hydrogen-bond acceptors (Lipinski definition) is 5. The lowest BCUT2D eigenvalue weighted by Crippen LogP contribution is -2.41. The average Bonchev–Trinajstić information content (AvgIpc) is 3.31. The SMILES string of the molecule is Cc1nc2ccc(C(=O)N3CCC[C@@H](CC(=O)NCCc4ncc(C)s4)C3)cc2[nH]1. The van der Waals surface area contributed by atoms with Crippen LogP contribution in [0.15, 0.2) is 24.4 Å². The first-order valence-electron chi connectivity index (χ1n) is 10.4. The minimum atomic E-state index is 0.0217. The summed E-state index contributed by atoms with van der Waals surface area (Å²) in [7, 11) is 0. The van der Waals surface area contributed by atoms with Gasteiger partial charge in [0, 0.05) is 49.1 Å². The lowest BCUT2D eigenvalue weighted by atomic mass is 9.94. The summed E-state index contributed by atoms with van der Waals surface area (Å²) in [5, 5.41) is 4.05. The van der Waals surface area contributed by atoms with Crippen LogP contribution >= 0.6 is 11.3 Å². The highest BCUT2D eigenvalue weighted by molar-refractivity contribution is 7.11. The quantitative estimate of drug-likeness (QED) is 0.634. The summed E-state index contributed by atoms with van der Waals surface area (Å²) in [6, 6.07) is 5.58. The van der Waals surface area contributed by atoms with Crippen molar-refractivity contribution in [2.75, 3.05) is 19.6 Å². The average molecular weight is 426 g/mol. The van der Waals surface area contributed by atoms with Crippen molar-refractivity contribution in [3.63, 3.8) is 0 Å². The van der Waals surface area contributed by atoms with Crippen LogP contribution in [0.2, 0.25) is 0 Å². The molecule has 0 saturated carbocycles. The summed E-state index contributed by atoms with van der Waals surface area (Å²) < 4.78 is 0. The molecule has 1 aliphatic rings. The van der Waals surface area contributed by atoms with Crippen LogP contribution in [0.5, 0.6) is 0 Å². The van der Waals surface area contributed by atoms with E-state index < -0.39 is 0 Å². The third kappa shape index (κ3) is 4.87. The normalized spacial score (nSPS) is 16.7. The van der Waals surface area contributed by atoms with Gasteiger partial charge in [0.2, 0.25) is 5.91 Å². The molecule has 1 fully saturated rings. The molecule has 0 unspecified atom stereocenters. The smallest absolute Gasteiger partial charge is 0.253 e. The van der Waals surface area contributed by atoms with Crippen molar-refractivity contribution >= 4 is 34.2 Å². The molecule has 1 atom stereocenters. The molecule has 4 rings (SSSR count). The number of amides is 2. The molecule has 0 bridgehead atoms. The van der Waals surface area contributed by atoms with E-state index >= 15 is 0 Å². The van der Waals surface area contributed by atoms with Gasteiger partial charge in [0.15, 0.2) is 0 Å². The maximum absolute atomic E-state index is 13.0. The number of piperidine rings is 1. The molecule has 8 heteroatoms. The van der Waals surface area contributed by atoms with E-state index in [1.165, 1.54) is 4.88 Å². The number of nitrogens with one attached hydrogen (secondary N) is 2. The molecule has 2 aromatic heterocycles. The Morgan fingerprint density at radius 1 is 1.33 bits per heavy atom.